The summed E-state index contributed by atoms with van der Waals surface area (Å²) in [5.41, 5.74) is -0.926. The quantitative estimate of drug-likeness (QED) is 0.705. The minimum absolute atomic E-state index is 0.0283. The van der Waals surface area contributed by atoms with Crippen molar-refractivity contribution < 1.29 is 19.1 Å². The van der Waals surface area contributed by atoms with E-state index in [2.05, 4.69) is 16.0 Å². The van der Waals surface area contributed by atoms with Crippen molar-refractivity contribution >= 4 is 18.0 Å². The Kier molecular flexibility index (Phi) is 7.44. The molecule has 4 amide bonds. The molecule has 1 aliphatic heterocycles. The average Bonchev–Trinajstić information content (AvgIpc) is 2.43. The number of alkyl carbamates (subject to hydrolysis) is 1. The van der Waals surface area contributed by atoms with Crippen molar-refractivity contribution in [3.8, 4) is 0 Å². The van der Waals surface area contributed by atoms with E-state index < -0.39 is 29.3 Å². The Hall–Kier alpha value is -1.83. The van der Waals surface area contributed by atoms with Crippen LogP contribution in [0.5, 0.6) is 0 Å². The fourth-order valence-corrected chi connectivity index (χ4v) is 2.66. The highest BCUT2D eigenvalue weighted by Crippen LogP contribution is 2.15. The molecule has 0 aromatic heterocycles. The Morgan fingerprint density at radius 2 is 1.58 bits per heavy atom. The standard InChI is InChI=1S/C18H34N4O4/c1-12(14(23)20-15(24)21-17(2,3)4)22-10-8-13(9-11-22)19-16(25)26-18(5,6)7/h12-13H,8-11H2,1-7H3,(H,19,25)(H2,20,21,23,24)/t12-/m0/s1. The van der Waals surface area contributed by atoms with Gasteiger partial charge in [-0.3, -0.25) is 15.0 Å². The second kappa shape index (κ2) is 8.70. The fraction of sp³-hybridized carbons (Fsp3) is 0.833. The number of nitrogens with zero attached hydrogens (tertiary/aromatic N) is 1. The van der Waals surface area contributed by atoms with Gasteiger partial charge in [0.25, 0.3) is 0 Å². The molecule has 1 fully saturated rings. The second-order valence-electron chi connectivity index (χ2n) is 8.83. The van der Waals surface area contributed by atoms with Crippen molar-refractivity contribution in [2.75, 3.05) is 13.1 Å². The Balaban J connectivity index is 2.41. The zero-order valence-electron chi connectivity index (χ0n) is 17.1. The first-order chi connectivity index (χ1) is 11.8. The third kappa shape index (κ3) is 8.51. The third-order valence-electron chi connectivity index (χ3n) is 3.90. The number of nitrogens with one attached hydrogen (secondary N) is 3. The summed E-state index contributed by atoms with van der Waals surface area (Å²) in [5.74, 6) is -0.328. The van der Waals surface area contributed by atoms with Crippen molar-refractivity contribution in [1.82, 2.24) is 20.9 Å². The maximum atomic E-state index is 12.3. The summed E-state index contributed by atoms with van der Waals surface area (Å²) in [4.78, 5) is 37.9. The maximum Gasteiger partial charge on any atom is 0.407 e. The molecule has 0 spiro atoms. The lowest BCUT2D eigenvalue weighted by atomic mass is 10.0. The predicted molar refractivity (Wildman–Crippen MR) is 99.9 cm³/mol. The summed E-state index contributed by atoms with van der Waals surface area (Å²) in [6.07, 6.45) is 1.04. The van der Waals surface area contributed by atoms with Crippen molar-refractivity contribution in [1.29, 1.82) is 0 Å². The van der Waals surface area contributed by atoms with Gasteiger partial charge in [0, 0.05) is 24.7 Å². The summed E-state index contributed by atoms with van der Waals surface area (Å²) >= 11 is 0. The molecular formula is C18H34N4O4. The van der Waals surface area contributed by atoms with Crippen LogP contribution in [0.25, 0.3) is 0 Å². The predicted octanol–water partition coefficient (Wildman–Crippen LogP) is 1.99. The summed E-state index contributed by atoms with van der Waals surface area (Å²) in [5, 5.41) is 7.96. The van der Waals surface area contributed by atoms with E-state index in [-0.39, 0.29) is 11.9 Å². The van der Waals surface area contributed by atoms with Crippen LogP contribution in [-0.2, 0) is 9.53 Å². The number of ether oxygens (including phenoxy) is 1. The molecule has 150 valence electrons. The molecule has 1 saturated heterocycles. The van der Waals surface area contributed by atoms with Crippen molar-refractivity contribution in [2.24, 2.45) is 0 Å². The molecule has 0 bridgehead atoms. The van der Waals surface area contributed by atoms with Gasteiger partial charge in [0.2, 0.25) is 5.91 Å². The zero-order valence-corrected chi connectivity index (χ0v) is 17.1. The van der Waals surface area contributed by atoms with E-state index in [1.165, 1.54) is 0 Å². The van der Waals surface area contributed by atoms with Crippen molar-refractivity contribution in [2.45, 2.75) is 84.5 Å². The number of rotatable bonds is 3. The van der Waals surface area contributed by atoms with E-state index in [9.17, 15) is 14.4 Å². The highest BCUT2D eigenvalue weighted by atomic mass is 16.6. The van der Waals surface area contributed by atoms with Crippen LogP contribution < -0.4 is 16.0 Å². The van der Waals surface area contributed by atoms with E-state index in [0.717, 1.165) is 12.8 Å². The minimum Gasteiger partial charge on any atom is -0.444 e. The monoisotopic (exact) mass is 370 g/mol. The first-order valence-electron chi connectivity index (χ1n) is 9.13. The van der Waals surface area contributed by atoms with Crippen LogP contribution >= 0.6 is 0 Å². The van der Waals surface area contributed by atoms with Gasteiger partial charge >= 0.3 is 12.1 Å². The molecule has 0 unspecified atom stereocenters. The van der Waals surface area contributed by atoms with Crippen molar-refractivity contribution in [3.63, 3.8) is 0 Å². The first-order valence-corrected chi connectivity index (χ1v) is 9.13. The molecule has 1 rings (SSSR count). The Bertz CT molecular complexity index is 514. The second-order valence-corrected chi connectivity index (χ2v) is 8.83. The van der Waals surface area contributed by atoms with E-state index in [0.29, 0.717) is 13.1 Å². The lowest BCUT2D eigenvalue weighted by Crippen LogP contribution is -2.55. The van der Waals surface area contributed by atoms with Gasteiger partial charge in [0.1, 0.15) is 5.60 Å². The molecule has 0 radical (unpaired) electrons. The number of hydrogen-bond acceptors (Lipinski definition) is 5. The number of amides is 4. The number of urea groups is 1. The van der Waals surface area contributed by atoms with Crippen molar-refractivity contribution in [3.05, 3.63) is 0 Å². The molecule has 0 aromatic carbocycles. The Morgan fingerprint density at radius 1 is 1.04 bits per heavy atom. The van der Waals surface area contributed by atoms with Gasteiger partial charge < -0.3 is 15.4 Å². The van der Waals surface area contributed by atoms with E-state index in [4.69, 9.17) is 4.74 Å². The Labute approximate surface area is 156 Å². The van der Waals surface area contributed by atoms with Gasteiger partial charge in [-0.05, 0) is 61.3 Å². The highest BCUT2D eigenvalue weighted by molar-refractivity contribution is 5.97. The number of carbonyl (C=O) groups is 3. The van der Waals surface area contributed by atoms with Gasteiger partial charge in [0.15, 0.2) is 0 Å². The molecule has 0 saturated carbocycles. The molecule has 8 nitrogen and oxygen atoms in total. The summed E-state index contributed by atoms with van der Waals surface area (Å²) < 4.78 is 5.26. The molecule has 8 heteroatoms. The smallest absolute Gasteiger partial charge is 0.407 e. The molecule has 1 aliphatic rings. The topological polar surface area (TPSA) is 99.8 Å². The van der Waals surface area contributed by atoms with Crippen LogP contribution in [0.1, 0.15) is 61.3 Å². The first kappa shape index (κ1) is 22.2. The molecule has 26 heavy (non-hydrogen) atoms. The van der Waals surface area contributed by atoms with E-state index >= 15 is 0 Å². The summed E-state index contributed by atoms with van der Waals surface area (Å²) in [6.45, 7) is 14.1. The van der Waals surface area contributed by atoms with Gasteiger partial charge in [-0.25, -0.2) is 9.59 Å². The van der Waals surface area contributed by atoms with Crippen LogP contribution in [0, 0.1) is 0 Å². The molecule has 1 heterocycles. The SMILES string of the molecule is C[C@@H](C(=O)NC(=O)NC(C)(C)C)N1CCC(NC(=O)OC(C)(C)C)CC1. The van der Waals surface area contributed by atoms with Gasteiger partial charge in [0.05, 0.1) is 6.04 Å². The van der Waals surface area contributed by atoms with Crippen LogP contribution in [0.4, 0.5) is 9.59 Å². The van der Waals surface area contributed by atoms with Crippen LogP contribution in [0.3, 0.4) is 0 Å². The number of likely N-dealkylation sites (tertiary alicyclic amines) is 1. The maximum absolute atomic E-state index is 12.3. The number of piperidine rings is 1. The average molecular weight is 370 g/mol. The van der Waals surface area contributed by atoms with Gasteiger partial charge in [-0.1, -0.05) is 0 Å². The third-order valence-corrected chi connectivity index (χ3v) is 3.90. The van der Waals surface area contributed by atoms with Gasteiger partial charge in [-0.2, -0.15) is 0 Å². The van der Waals surface area contributed by atoms with Crippen LogP contribution in [-0.4, -0.2) is 59.2 Å². The van der Waals surface area contributed by atoms with E-state index in [1.54, 1.807) is 6.92 Å². The summed E-state index contributed by atoms with van der Waals surface area (Å²) in [6, 6.07) is -0.875. The number of imide groups is 1. The van der Waals surface area contributed by atoms with Crippen LogP contribution in [0.15, 0.2) is 0 Å². The normalized spacial score (nSPS) is 18.0. The largest absolute Gasteiger partial charge is 0.444 e. The fourth-order valence-electron chi connectivity index (χ4n) is 2.66. The van der Waals surface area contributed by atoms with Crippen LogP contribution in [0.2, 0.25) is 0 Å². The highest BCUT2D eigenvalue weighted by Gasteiger charge is 2.29. The molecule has 3 N–H and O–H groups in total. The Morgan fingerprint density at radius 3 is 2.04 bits per heavy atom. The molecule has 0 aromatic rings. The molecular weight excluding hydrogens is 336 g/mol. The molecule has 1 atom stereocenters. The lowest BCUT2D eigenvalue weighted by molar-refractivity contribution is -0.125. The molecule has 0 aliphatic carbocycles. The lowest BCUT2D eigenvalue weighted by Gasteiger charge is -2.35. The van der Waals surface area contributed by atoms with Gasteiger partial charge in [-0.15, -0.1) is 0 Å². The zero-order chi connectivity index (χ0) is 20.1. The van der Waals surface area contributed by atoms with E-state index in [1.807, 2.05) is 46.4 Å². The number of hydrogen-bond donors (Lipinski definition) is 3. The summed E-state index contributed by atoms with van der Waals surface area (Å²) in [7, 11) is 0. The minimum atomic E-state index is -0.523. The number of carbonyl (C=O) groups excluding carboxylic acids is 3.